The topological polar surface area (TPSA) is 79.8 Å². The smallest absolute Gasteiger partial charge is 0.263 e. The maximum absolute atomic E-state index is 12.1. The zero-order valence-electron chi connectivity index (χ0n) is 10.00. The number of aromatic nitrogens is 3. The molecule has 2 aromatic rings. The number of rotatable bonds is 2. The molecule has 2 rings (SSSR count). The summed E-state index contributed by atoms with van der Waals surface area (Å²) >= 11 is 0. The molecule has 90 valence electrons. The summed E-state index contributed by atoms with van der Waals surface area (Å²) in [5.41, 5.74) is 1.25. The Morgan fingerprint density at radius 2 is 2.24 bits per heavy atom. The van der Waals surface area contributed by atoms with Crippen molar-refractivity contribution in [3.05, 3.63) is 27.9 Å². The van der Waals surface area contributed by atoms with Crippen molar-refractivity contribution in [2.24, 2.45) is 0 Å². The van der Waals surface area contributed by atoms with Gasteiger partial charge in [0, 0.05) is 12.7 Å². The van der Waals surface area contributed by atoms with Gasteiger partial charge in [-0.2, -0.15) is 0 Å². The summed E-state index contributed by atoms with van der Waals surface area (Å²) in [4.78, 5) is 30.7. The molecule has 0 aliphatic rings. The second-order valence-electron chi connectivity index (χ2n) is 3.94. The Labute approximate surface area is 97.7 Å². The summed E-state index contributed by atoms with van der Waals surface area (Å²) < 4.78 is 1.37. The van der Waals surface area contributed by atoms with E-state index < -0.39 is 0 Å². The summed E-state index contributed by atoms with van der Waals surface area (Å²) in [7, 11) is 1.54. The minimum absolute atomic E-state index is 0.00562. The summed E-state index contributed by atoms with van der Waals surface area (Å²) in [5, 5.41) is 3.00. The lowest BCUT2D eigenvalue weighted by Gasteiger charge is -2.07. The number of H-pyrrole nitrogens is 1. The predicted octanol–water partition coefficient (Wildman–Crippen LogP) is 0.0874. The summed E-state index contributed by atoms with van der Waals surface area (Å²) in [6.07, 6.45) is 0. The van der Waals surface area contributed by atoms with Crippen LogP contribution in [0.1, 0.15) is 11.5 Å². The molecule has 0 saturated heterocycles. The minimum atomic E-state index is -0.219. The average molecular weight is 234 g/mol. The third-order valence-corrected chi connectivity index (χ3v) is 2.65. The second-order valence-corrected chi connectivity index (χ2v) is 3.94. The summed E-state index contributed by atoms with van der Waals surface area (Å²) in [5.74, 6) is 0.302. The zero-order chi connectivity index (χ0) is 12.6. The average Bonchev–Trinajstić information content (AvgIpc) is 2.64. The van der Waals surface area contributed by atoms with Crippen LogP contribution in [-0.2, 0) is 11.3 Å². The van der Waals surface area contributed by atoms with Crippen LogP contribution in [0.4, 0.5) is 0 Å². The third kappa shape index (κ3) is 1.93. The van der Waals surface area contributed by atoms with Crippen molar-refractivity contribution in [1.82, 2.24) is 19.9 Å². The summed E-state index contributed by atoms with van der Waals surface area (Å²) in [6, 6.07) is 1.74. The maximum atomic E-state index is 12.1. The SMILES string of the molecule is CNC(=O)Cn1c(C)nc2[nH]c(C)cc2c1=O. The van der Waals surface area contributed by atoms with Gasteiger partial charge in [0.15, 0.2) is 0 Å². The van der Waals surface area contributed by atoms with E-state index in [0.29, 0.717) is 16.9 Å². The Bertz CT molecular complexity index is 639. The molecule has 1 amide bonds. The van der Waals surface area contributed by atoms with Crippen molar-refractivity contribution in [3.63, 3.8) is 0 Å². The van der Waals surface area contributed by atoms with Crippen LogP contribution >= 0.6 is 0 Å². The number of hydrogen-bond donors (Lipinski definition) is 2. The van der Waals surface area contributed by atoms with Crippen LogP contribution in [0, 0.1) is 13.8 Å². The molecule has 0 saturated carbocycles. The van der Waals surface area contributed by atoms with Crippen molar-refractivity contribution in [2.75, 3.05) is 7.05 Å². The molecule has 0 spiro atoms. The first kappa shape index (κ1) is 11.4. The van der Waals surface area contributed by atoms with Gasteiger partial charge in [0.05, 0.1) is 5.39 Å². The number of nitrogens with one attached hydrogen (secondary N) is 2. The number of nitrogens with zero attached hydrogens (tertiary/aromatic N) is 2. The van der Waals surface area contributed by atoms with E-state index in [9.17, 15) is 9.59 Å². The lowest BCUT2D eigenvalue weighted by atomic mass is 10.3. The van der Waals surface area contributed by atoms with Gasteiger partial charge in [-0.3, -0.25) is 14.2 Å². The van der Waals surface area contributed by atoms with Gasteiger partial charge in [0.1, 0.15) is 18.0 Å². The van der Waals surface area contributed by atoms with Crippen molar-refractivity contribution in [2.45, 2.75) is 20.4 Å². The Morgan fingerprint density at radius 3 is 2.88 bits per heavy atom. The number of aromatic amines is 1. The van der Waals surface area contributed by atoms with Crippen LogP contribution in [-0.4, -0.2) is 27.5 Å². The van der Waals surface area contributed by atoms with Crippen molar-refractivity contribution in [1.29, 1.82) is 0 Å². The fraction of sp³-hybridized carbons (Fsp3) is 0.364. The lowest BCUT2D eigenvalue weighted by molar-refractivity contribution is -0.121. The number of amides is 1. The number of likely N-dealkylation sites (N-methyl/N-ethyl adjacent to an activating group) is 1. The van der Waals surface area contributed by atoms with Crippen LogP contribution < -0.4 is 10.9 Å². The van der Waals surface area contributed by atoms with Gasteiger partial charge in [-0.1, -0.05) is 0 Å². The molecule has 0 aliphatic carbocycles. The highest BCUT2D eigenvalue weighted by Crippen LogP contribution is 2.08. The number of aryl methyl sites for hydroxylation is 2. The van der Waals surface area contributed by atoms with Crippen LogP contribution in [0.5, 0.6) is 0 Å². The molecule has 0 bridgehead atoms. The molecule has 2 aromatic heterocycles. The van der Waals surface area contributed by atoms with Gasteiger partial charge in [-0.15, -0.1) is 0 Å². The van der Waals surface area contributed by atoms with Gasteiger partial charge in [0.25, 0.3) is 5.56 Å². The van der Waals surface area contributed by atoms with E-state index in [4.69, 9.17) is 0 Å². The molecule has 0 radical (unpaired) electrons. The lowest BCUT2D eigenvalue weighted by Crippen LogP contribution is -2.32. The van der Waals surface area contributed by atoms with Crippen LogP contribution in [0.3, 0.4) is 0 Å². The van der Waals surface area contributed by atoms with Crippen LogP contribution in [0.15, 0.2) is 10.9 Å². The van der Waals surface area contributed by atoms with E-state index in [1.807, 2.05) is 6.92 Å². The Hall–Kier alpha value is -2.11. The van der Waals surface area contributed by atoms with E-state index >= 15 is 0 Å². The number of carbonyl (C=O) groups excluding carboxylic acids is 1. The van der Waals surface area contributed by atoms with E-state index in [1.54, 1.807) is 13.0 Å². The molecule has 2 heterocycles. The Morgan fingerprint density at radius 1 is 1.53 bits per heavy atom. The zero-order valence-corrected chi connectivity index (χ0v) is 10.00. The van der Waals surface area contributed by atoms with E-state index in [1.165, 1.54) is 11.6 Å². The highest BCUT2D eigenvalue weighted by Gasteiger charge is 2.11. The van der Waals surface area contributed by atoms with Gasteiger partial charge >= 0.3 is 0 Å². The molecule has 6 heteroatoms. The van der Waals surface area contributed by atoms with Crippen molar-refractivity contribution < 1.29 is 4.79 Å². The van der Waals surface area contributed by atoms with E-state index in [0.717, 1.165) is 5.69 Å². The number of hydrogen-bond acceptors (Lipinski definition) is 3. The van der Waals surface area contributed by atoms with Gasteiger partial charge < -0.3 is 10.3 Å². The van der Waals surface area contributed by atoms with Crippen LogP contribution in [0.25, 0.3) is 11.0 Å². The van der Waals surface area contributed by atoms with Gasteiger partial charge in [-0.25, -0.2) is 4.98 Å². The fourth-order valence-electron chi connectivity index (χ4n) is 1.75. The molecular weight excluding hydrogens is 220 g/mol. The van der Waals surface area contributed by atoms with Crippen molar-refractivity contribution in [3.8, 4) is 0 Å². The molecule has 6 nitrogen and oxygen atoms in total. The molecule has 2 N–H and O–H groups in total. The highest BCUT2D eigenvalue weighted by atomic mass is 16.2. The molecular formula is C11H14N4O2. The Balaban J connectivity index is 2.63. The van der Waals surface area contributed by atoms with Crippen molar-refractivity contribution >= 4 is 16.9 Å². The largest absolute Gasteiger partial charge is 0.358 e. The molecule has 17 heavy (non-hydrogen) atoms. The first-order valence-corrected chi connectivity index (χ1v) is 5.30. The quantitative estimate of drug-likeness (QED) is 0.772. The second kappa shape index (κ2) is 4.04. The third-order valence-electron chi connectivity index (χ3n) is 2.65. The van der Waals surface area contributed by atoms with E-state index in [2.05, 4.69) is 15.3 Å². The highest BCUT2D eigenvalue weighted by molar-refractivity contribution is 5.78. The Kier molecular flexibility index (Phi) is 2.71. The molecule has 0 aromatic carbocycles. The van der Waals surface area contributed by atoms with E-state index in [-0.39, 0.29) is 18.0 Å². The minimum Gasteiger partial charge on any atom is -0.358 e. The summed E-state index contributed by atoms with van der Waals surface area (Å²) in [6.45, 7) is 3.56. The van der Waals surface area contributed by atoms with Gasteiger partial charge in [-0.05, 0) is 19.9 Å². The van der Waals surface area contributed by atoms with Crippen LogP contribution in [0.2, 0.25) is 0 Å². The molecule has 0 fully saturated rings. The number of fused-ring (bicyclic) bond motifs is 1. The normalized spacial score (nSPS) is 10.8. The standard InChI is InChI=1S/C11H14N4O2/c1-6-4-8-10(13-6)14-7(2)15(11(8)17)5-9(16)12-3/h4,13H,5H2,1-3H3,(H,12,16). The first-order chi connectivity index (χ1) is 8.02. The first-order valence-electron chi connectivity index (χ1n) is 5.30. The predicted molar refractivity (Wildman–Crippen MR) is 63.9 cm³/mol. The molecule has 0 atom stereocenters. The maximum Gasteiger partial charge on any atom is 0.263 e. The molecule has 0 aliphatic heterocycles. The molecule has 0 unspecified atom stereocenters. The number of carbonyl (C=O) groups is 1. The fourth-order valence-corrected chi connectivity index (χ4v) is 1.75. The monoisotopic (exact) mass is 234 g/mol. The van der Waals surface area contributed by atoms with Gasteiger partial charge in [0.2, 0.25) is 5.91 Å².